The maximum Gasteiger partial charge on any atom is 0.323 e. The molecule has 2 N–H and O–H groups in total. The van der Waals surface area contributed by atoms with E-state index in [0.717, 1.165) is 31.2 Å². The third kappa shape index (κ3) is 6.09. The molecule has 32 heavy (non-hydrogen) atoms. The number of nitrogens with zero attached hydrogens (tertiary/aromatic N) is 1. The van der Waals surface area contributed by atoms with Gasteiger partial charge in [0.15, 0.2) is 0 Å². The number of carboxylic acids is 1. The van der Waals surface area contributed by atoms with Crippen LogP contribution in [-0.2, 0) is 25.5 Å². The summed E-state index contributed by atoms with van der Waals surface area (Å²) < 4.78 is 5.24. The van der Waals surface area contributed by atoms with Crippen LogP contribution < -0.4 is 5.32 Å². The predicted molar refractivity (Wildman–Crippen MR) is 121 cm³/mol. The van der Waals surface area contributed by atoms with Gasteiger partial charge in [-0.1, -0.05) is 36.8 Å². The third-order valence-corrected chi connectivity index (χ3v) is 7.00. The highest BCUT2D eigenvalue weighted by Crippen LogP contribution is 2.46. The van der Waals surface area contributed by atoms with E-state index in [2.05, 4.69) is 5.32 Å². The van der Waals surface area contributed by atoms with E-state index in [0.29, 0.717) is 39.0 Å². The van der Waals surface area contributed by atoms with Crippen LogP contribution in [-0.4, -0.2) is 59.6 Å². The number of esters is 1. The Labute approximate surface area is 190 Å². The van der Waals surface area contributed by atoms with Crippen LogP contribution in [0.3, 0.4) is 0 Å². The Hall–Kier alpha value is -2.41. The SMILES string of the molecule is CCOC(=O)C(CCc1ccccc1)N[C@@H](C)C(=O)N1CCC2(CCCC(C(=O)O)C2)C1. The van der Waals surface area contributed by atoms with Crippen molar-refractivity contribution in [2.24, 2.45) is 11.3 Å². The van der Waals surface area contributed by atoms with Crippen molar-refractivity contribution in [3.05, 3.63) is 35.9 Å². The van der Waals surface area contributed by atoms with Crippen molar-refractivity contribution in [1.82, 2.24) is 10.2 Å². The zero-order valence-corrected chi connectivity index (χ0v) is 19.2. The van der Waals surface area contributed by atoms with Crippen molar-refractivity contribution in [3.8, 4) is 0 Å². The number of hydrogen-bond acceptors (Lipinski definition) is 5. The summed E-state index contributed by atoms with van der Waals surface area (Å²) in [6.45, 7) is 5.12. The Kier molecular flexibility index (Phi) is 8.29. The quantitative estimate of drug-likeness (QED) is 0.569. The van der Waals surface area contributed by atoms with Gasteiger partial charge in [0.05, 0.1) is 18.6 Å². The minimum atomic E-state index is -0.723. The predicted octanol–water partition coefficient (Wildman–Crippen LogP) is 3.02. The molecule has 1 spiro atoms. The summed E-state index contributed by atoms with van der Waals surface area (Å²) in [5, 5.41) is 12.6. The van der Waals surface area contributed by atoms with Crippen molar-refractivity contribution < 1.29 is 24.2 Å². The van der Waals surface area contributed by atoms with E-state index in [9.17, 15) is 19.5 Å². The molecule has 1 amide bonds. The molecule has 1 heterocycles. The lowest BCUT2D eigenvalue weighted by atomic mass is 9.69. The number of rotatable bonds is 9. The van der Waals surface area contributed by atoms with Gasteiger partial charge in [0.2, 0.25) is 5.91 Å². The van der Waals surface area contributed by atoms with Crippen LogP contribution in [0.1, 0.15) is 57.9 Å². The third-order valence-electron chi connectivity index (χ3n) is 7.00. The molecule has 7 nitrogen and oxygen atoms in total. The lowest BCUT2D eigenvalue weighted by molar-refractivity contribution is -0.146. The summed E-state index contributed by atoms with van der Waals surface area (Å²) in [5.74, 6) is -1.40. The molecule has 1 aliphatic carbocycles. The van der Waals surface area contributed by atoms with Crippen molar-refractivity contribution >= 4 is 17.8 Å². The molecule has 1 aromatic carbocycles. The maximum absolute atomic E-state index is 13.2. The first-order valence-electron chi connectivity index (χ1n) is 11.8. The standard InChI is InChI=1S/C25H36N2O5/c1-3-32-24(31)21(12-11-19-8-5-4-6-9-19)26-18(2)22(28)27-15-14-25(17-27)13-7-10-20(16-25)23(29)30/h4-6,8-9,18,20-21,26H,3,7,10-17H2,1-2H3,(H,29,30)/t18-,20?,21?,25?/m0/s1. The van der Waals surface area contributed by atoms with Gasteiger partial charge >= 0.3 is 11.9 Å². The van der Waals surface area contributed by atoms with Gasteiger partial charge < -0.3 is 14.7 Å². The van der Waals surface area contributed by atoms with Crippen LogP contribution in [0.15, 0.2) is 30.3 Å². The van der Waals surface area contributed by atoms with Crippen LogP contribution in [0, 0.1) is 11.3 Å². The molecular formula is C25H36N2O5. The number of carbonyl (C=O) groups excluding carboxylic acids is 2. The number of carbonyl (C=O) groups is 3. The lowest BCUT2D eigenvalue weighted by Gasteiger charge is -2.36. The highest BCUT2D eigenvalue weighted by atomic mass is 16.5. The monoisotopic (exact) mass is 444 g/mol. The first-order chi connectivity index (χ1) is 15.3. The molecule has 0 aromatic heterocycles. The molecule has 1 aliphatic heterocycles. The number of amides is 1. The summed E-state index contributed by atoms with van der Waals surface area (Å²) >= 11 is 0. The first-order valence-corrected chi connectivity index (χ1v) is 11.8. The average Bonchev–Trinajstić information content (AvgIpc) is 3.19. The average molecular weight is 445 g/mol. The number of aryl methyl sites for hydroxylation is 1. The van der Waals surface area contributed by atoms with Crippen molar-refractivity contribution in [1.29, 1.82) is 0 Å². The molecule has 7 heteroatoms. The van der Waals surface area contributed by atoms with Gasteiger partial charge in [-0.25, -0.2) is 0 Å². The molecule has 4 atom stereocenters. The summed E-state index contributed by atoms with van der Waals surface area (Å²) in [4.78, 5) is 39.0. The van der Waals surface area contributed by atoms with Crippen molar-refractivity contribution in [2.75, 3.05) is 19.7 Å². The Morgan fingerprint density at radius 1 is 1.25 bits per heavy atom. The van der Waals surface area contributed by atoms with E-state index in [1.165, 1.54) is 0 Å². The summed E-state index contributed by atoms with van der Waals surface area (Å²) in [6, 6.07) is 8.87. The number of aliphatic carboxylic acids is 1. The zero-order chi connectivity index (χ0) is 23.1. The fourth-order valence-electron chi connectivity index (χ4n) is 5.27. The van der Waals surface area contributed by atoms with Gasteiger partial charge in [-0.2, -0.15) is 0 Å². The zero-order valence-electron chi connectivity index (χ0n) is 19.2. The van der Waals surface area contributed by atoms with Crippen LogP contribution >= 0.6 is 0 Å². The Morgan fingerprint density at radius 2 is 2.00 bits per heavy atom. The van der Waals surface area contributed by atoms with Crippen LogP contribution in [0.2, 0.25) is 0 Å². The normalized spacial score (nSPS) is 24.8. The first kappa shape index (κ1) is 24.2. The minimum absolute atomic E-state index is 0.0340. The molecule has 0 radical (unpaired) electrons. The lowest BCUT2D eigenvalue weighted by Crippen LogP contribution is -2.51. The Morgan fingerprint density at radius 3 is 2.69 bits per heavy atom. The molecular weight excluding hydrogens is 408 g/mol. The highest BCUT2D eigenvalue weighted by molar-refractivity contribution is 5.83. The molecule has 2 fully saturated rings. The number of nitrogens with one attached hydrogen (secondary N) is 1. The van der Waals surface area contributed by atoms with Gasteiger partial charge in [-0.05, 0) is 63.4 Å². The number of carboxylic acid groups (broad SMARTS) is 1. The van der Waals surface area contributed by atoms with Crippen LogP contribution in [0.25, 0.3) is 0 Å². The number of ether oxygens (including phenoxy) is 1. The molecule has 176 valence electrons. The smallest absolute Gasteiger partial charge is 0.323 e. The van der Waals surface area contributed by atoms with Crippen LogP contribution in [0.4, 0.5) is 0 Å². The van der Waals surface area contributed by atoms with E-state index >= 15 is 0 Å². The van der Waals surface area contributed by atoms with Gasteiger partial charge in [0.1, 0.15) is 6.04 Å². The molecule has 0 bridgehead atoms. The Bertz CT molecular complexity index is 799. The Balaban J connectivity index is 1.59. The number of likely N-dealkylation sites (tertiary alicyclic amines) is 1. The molecule has 2 aliphatic rings. The minimum Gasteiger partial charge on any atom is -0.481 e. The topological polar surface area (TPSA) is 95.9 Å². The van der Waals surface area contributed by atoms with Gasteiger partial charge in [0, 0.05) is 13.1 Å². The van der Waals surface area contributed by atoms with Gasteiger partial charge in [0.25, 0.3) is 0 Å². The second kappa shape index (κ2) is 10.9. The van der Waals surface area contributed by atoms with Gasteiger partial charge in [-0.15, -0.1) is 0 Å². The summed E-state index contributed by atoms with van der Waals surface area (Å²) in [6.07, 6.45) is 5.36. The van der Waals surface area contributed by atoms with Crippen molar-refractivity contribution in [2.45, 2.75) is 70.9 Å². The molecule has 1 aromatic rings. The second-order valence-corrected chi connectivity index (χ2v) is 9.36. The van der Waals surface area contributed by atoms with E-state index in [-0.39, 0.29) is 23.2 Å². The molecule has 1 saturated heterocycles. The fraction of sp³-hybridized carbons (Fsp3) is 0.640. The molecule has 3 rings (SSSR count). The van der Waals surface area contributed by atoms with E-state index in [4.69, 9.17) is 4.74 Å². The number of hydrogen-bond donors (Lipinski definition) is 2. The largest absolute Gasteiger partial charge is 0.481 e. The maximum atomic E-state index is 13.2. The highest BCUT2D eigenvalue weighted by Gasteiger charge is 2.45. The second-order valence-electron chi connectivity index (χ2n) is 9.36. The number of benzene rings is 1. The fourth-order valence-corrected chi connectivity index (χ4v) is 5.27. The van der Waals surface area contributed by atoms with E-state index in [1.54, 1.807) is 13.8 Å². The molecule has 3 unspecified atom stereocenters. The summed E-state index contributed by atoms with van der Waals surface area (Å²) in [7, 11) is 0. The van der Waals surface area contributed by atoms with E-state index in [1.807, 2.05) is 35.2 Å². The van der Waals surface area contributed by atoms with E-state index < -0.39 is 18.1 Å². The van der Waals surface area contributed by atoms with Gasteiger partial charge in [-0.3, -0.25) is 19.7 Å². The summed E-state index contributed by atoms with van der Waals surface area (Å²) in [5.41, 5.74) is 1.05. The van der Waals surface area contributed by atoms with Crippen molar-refractivity contribution in [3.63, 3.8) is 0 Å². The molecule has 1 saturated carbocycles. The van der Waals surface area contributed by atoms with Crippen LogP contribution in [0.5, 0.6) is 0 Å².